The zero-order chi connectivity index (χ0) is 12.1. The third-order valence-corrected chi connectivity index (χ3v) is 2.69. The number of hydrogen-bond acceptors (Lipinski definition) is 2. The van der Waals surface area contributed by atoms with E-state index < -0.39 is 6.04 Å². The van der Waals surface area contributed by atoms with E-state index in [-0.39, 0.29) is 5.91 Å². The average Bonchev–Trinajstić information content (AvgIpc) is 2.23. The van der Waals surface area contributed by atoms with E-state index in [0.29, 0.717) is 22.2 Å². The molecule has 5 heteroatoms. The fourth-order valence-corrected chi connectivity index (χ4v) is 1.60. The first-order valence-corrected chi connectivity index (χ1v) is 5.81. The Labute approximate surface area is 105 Å². The Morgan fingerprint density at radius 2 is 2.19 bits per heavy atom. The molecular weight excluding hydrogens is 247 g/mol. The lowest BCUT2D eigenvalue weighted by molar-refractivity contribution is -0.117. The largest absolute Gasteiger partial charge is 0.323 e. The highest BCUT2D eigenvalue weighted by atomic mass is 35.5. The summed E-state index contributed by atoms with van der Waals surface area (Å²) in [6.45, 7) is 1.97. The summed E-state index contributed by atoms with van der Waals surface area (Å²) in [5.74, 6) is -0.244. The normalized spacial score (nSPS) is 12.2. The second kappa shape index (κ2) is 6.09. The predicted molar refractivity (Wildman–Crippen MR) is 68.0 cm³/mol. The molecule has 3 nitrogen and oxygen atoms in total. The summed E-state index contributed by atoms with van der Waals surface area (Å²) in [6.07, 6.45) is 1.50. The minimum atomic E-state index is -0.514. The van der Waals surface area contributed by atoms with Crippen LogP contribution in [0.3, 0.4) is 0 Å². The molecule has 88 valence electrons. The van der Waals surface area contributed by atoms with Gasteiger partial charge in [0.15, 0.2) is 0 Å². The SMILES string of the molecule is CCC[C@@H](N)C(=O)Nc1cc(Cl)ccc1Cl. The molecule has 1 aromatic carbocycles. The molecule has 0 aromatic heterocycles. The Morgan fingerprint density at radius 3 is 2.81 bits per heavy atom. The molecule has 0 bridgehead atoms. The van der Waals surface area contributed by atoms with Crippen molar-refractivity contribution in [2.75, 3.05) is 5.32 Å². The average molecular weight is 261 g/mol. The van der Waals surface area contributed by atoms with Crippen LogP contribution in [-0.2, 0) is 4.79 Å². The lowest BCUT2D eigenvalue weighted by Gasteiger charge is -2.12. The number of nitrogens with one attached hydrogen (secondary N) is 1. The summed E-state index contributed by atoms with van der Waals surface area (Å²) in [5, 5.41) is 3.62. The predicted octanol–water partition coefficient (Wildman–Crippen LogP) is 3.06. The first-order valence-electron chi connectivity index (χ1n) is 5.06. The van der Waals surface area contributed by atoms with Gasteiger partial charge in [-0.05, 0) is 24.6 Å². The van der Waals surface area contributed by atoms with E-state index in [1.807, 2.05) is 6.92 Å². The molecule has 1 aromatic rings. The van der Waals surface area contributed by atoms with Crippen LogP contribution in [0.25, 0.3) is 0 Å². The van der Waals surface area contributed by atoms with E-state index in [0.717, 1.165) is 6.42 Å². The summed E-state index contributed by atoms with van der Waals surface area (Å²) in [5.41, 5.74) is 6.17. The Hall–Kier alpha value is -0.770. The zero-order valence-electron chi connectivity index (χ0n) is 8.97. The molecule has 0 aliphatic heterocycles. The molecule has 0 aliphatic carbocycles. The van der Waals surface area contributed by atoms with E-state index in [1.54, 1.807) is 18.2 Å². The number of anilines is 1. The van der Waals surface area contributed by atoms with Crippen LogP contribution in [-0.4, -0.2) is 11.9 Å². The van der Waals surface area contributed by atoms with Crippen LogP contribution in [0, 0.1) is 0 Å². The van der Waals surface area contributed by atoms with Crippen LogP contribution >= 0.6 is 23.2 Å². The maximum absolute atomic E-state index is 11.6. The summed E-state index contributed by atoms with van der Waals surface area (Å²) in [4.78, 5) is 11.6. The van der Waals surface area contributed by atoms with Crippen LogP contribution in [0.2, 0.25) is 10.0 Å². The first-order chi connectivity index (χ1) is 7.54. The number of carbonyl (C=O) groups is 1. The number of carbonyl (C=O) groups excluding carboxylic acids is 1. The number of hydrogen-bond donors (Lipinski definition) is 2. The van der Waals surface area contributed by atoms with Crippen molar-refractivity contribution in [1.29, 1.82) is 0 Å². The second-order valence-electron chi connectivity index (χ2n) is 3.51. The summed E-state index contributed by atoms with van der Waals surface area (Å²) < 4.78 is 0. The molecule has 1 atom stereocenters. The van der Waals surface area contributed by atoms with Crippen LogP contribution in [0.4, 0.5) is 5.69 Å². The Balaban J connectivity index is 2.72. The number of rotatable bonds is 4. The molecule has 0 aliphatic rings. The van der Waals surface area contributed by atoms with Gasteiger partial charge in [-0.25, -0.2) is 0 Å². The van der Waals surface area contributed by atoms with Crippen LogP contribution in [0.15, 0.2) is 18.2 Å². The minimum Gasteiger partial charge on any atom is -0.323 e. The van der Waals surface area contributed by atoms with Gasteiger partial charge >= 0.3 is 0 Å². The van der Waals surface area contributed by atoms with Crippen molar-refractivity contribution < 1.29 is 4.79 Å². The van der Waals surface area contributed by atoms with Gasteiger partial charge in [0.05, 0.1) is 16.8 Å². The molecule has 0 saturated carbocycles. The molecule has 0 saturated heterocycles. The summed E-state index contributed by atoms with van der Waals surface area (Å²) in [6, 6.07) is 4.37. The van der Waals surface area contributed by atoms with E-state index in [1.165, 1.54) is 0 Å². The quantitative estimate of drug-likeness (QED) is 0.875. The highest BCUT2D eigenvalue weighted by Crippen LogP contribution is 2.25. The van der Waals surface area contributed by atoms with Gasteiger partial charge in [-0.15, -0.1) is 0 Å². The molecule has 0 heterocycles. The van der Waals surface area contributed by atoms with Gasteiger partial charge in [-0.3, -0.25) is 4.79 Å². The van der Waals surface area contributed by atoms with Crippen molar-refractivity contribution in [2.45, 2.75) is 25.8 Å². The smallest absolute Gasteiger partial charge is 0.241 e. The topological polar surface area (TPSA) is 55.1 Å². The Bertz CT molecular complexity index is 382. The molecule has 0 fully saturated rings. The lowest BCUT2D eigenvalue weighted by Crippen LogP contribution is -2.35. The van der Waals surface area contributed by atoms with Gasteiger partial charge in [-0.2, -0.15) is 0 Å². The maximum Gasteiger partial charge on any atom is 0.241 e. The van der Waals surface area contributed by atoms with Gasteiger partial charge in [0.25, 0.3) is 0 Å². The Kier molecular flexibility index (Phi) is 5.06. The Morgan fingerprint density at radius 1 is 1.50 bits per heavy atom. The maximum atomic E-state index is 11.6. The fraction of sp³-hybridized carbons (Fsp3) is 0.364. The lowest BCUT2D eigenvalue weighted by atomic mass is 10.1. The summed E-state index contributed by atoms with van der Waals surface area (Å²) in [7, 11) is 0. The van der Waals surface area contributed by atoms with Gasteiger partial charge in [0.1, 0.15) is 0 Å². The van der Waals surface area contributed by atoms with E-state index in [4.69, 9.17) is 28.9 Å². The highest BCUT2D eigenvalue weighted by molar-refractivity contribution is 6.35. The third kappa shape index (κ3) is 3.67. The van der Waals surface area contributed by atoms with Gasteiger partial charge < -0.3 is 11.1 Å². The first kappa shape index (κ1) is 13.3. The zero-order valence-corrected chi connectivity index (χ0v) is 10.5. The van der Waals surface area contributed by atoms with Crippen LogP contribution in [0.1, 0.15) is 19.8 Å². The standard InChI is InChI=1S/C11H14Cl2N2O/c1-2-3-9(14)11(16)15-10-6-7(12)4-5-8(10)13/h4-6,9H,2-3,14H2,1H3,(H,15,16)/t9-/m1/s1. The minimum absolute atomic E-state index is 0.244. The van der Waals surface area contributed by atoms with Crippen molar-refractivity contribution in [3.63, 3.8) is 0 Å². The molecule has 0 spiro atoms. The van der Waals surface area contributed by atoms with Crippen molar-refractivity contribution >= 4 is 34.8 Å². The number of nitrogens with two attached hydrogens (primary N) is 1. The van der Waals surface area contributed by atoms with Gasteiger partial charge in [0.2, 0.25) is 5.91 Å². The number of halogens is 2. The monoisotopic (exact) mass is 260 g/mol. The molecule has 16 heavy (non-hydrogen) atoms. The third-order valence-electron chi connectivity index (χ3n) is 2.12. The highest BCUT2D eigenvalue weighted by Gasteiger charge is 2.13. The van der Waals surface area contributed by atoms with E-state index in [9.17, 15) is 4.79 Å². The van der Waals surface area contributed by atoms with E-state index >= 15 is 0 Å². The second-order valence-corrected chi connectivity index (χ2v) is 4.35. The number of benzene rings is 1. The van der Waals surface area contributed by atoms with Crippen LogP contribution in [0.5, 0.6) is 0 Å². The van der Waals surface area contributed by atoms with Crippen LogP contribution < -0.4 is 11.1 Å². The molecule has 1 amide bonds. The molecular formula is C11H14Cl2N2O. The van der Waals surface area contributed by atoms with E-state index in [2.05, 4.69) is 5.32 Å². The number of amides is 1. The van der Waals surface area contributed by atoms with Gasteiger partial charge in [0, 0.05) is 5.02 Å². The molecule has 0 radical (unpaired) electrons. The molecule has 0 unspecified atom stereocenters. The van der Waals surface area contributed by atoms with Crippen molar-refractivity contribution in [1.82, 2.24) is 0 Å². The van der Waals surface area contributed by atoms with Gasteiger partial charge in [-0.1, -0.05) is 36.5 Å². The van der Waals surface area contributed by atoms with Crippen molar-refractivity contribution in [3.8, 4) is 0 Å². The summed E-state index contributed by atoms with van der Waals surface area (Å²) >= 11 is 11.7. The fourth-order valence-electron chi connectivity index (χ4n) is 1.26. The van der Waals surface area contributed by atoms with Crippen molar-refractivity contribution in [3.05, 3.63) is 28.2 Å². The molecule has 1 rings (SSSR count). The van der Waals surface area contributed by atoms with Crippen molar-refractivity contribution in [2.24, 2.45) is 5.73 Å². The molecule has 3 N–H and O–H groups in total.